The summed E-state index contributed by atoms with van der Waals surface area (Å²) in [5, 5.41) is 5.54. The Morgan fingerprint density at radius 1 is 1.00 bits per heavy atom. The maximum Gasteiger partial charge on any atom is 0.573 e. The monoisotopic (exact) mass is 496 g/mol. The summed E-state index contributed by atoms with van der Waals surface area (Å²) >= 11 is 0. The fourth-order valence-electron chi connectivity index (χ4n) is 3.50. The van der Waals surface area contributed by atoms with Gasteiger partial charge in [-0.1, -0.05) is 42.5 Å². The first-order valence-electron chi connectivity index (χ1n) is 9.81. The fraction of sp³-hybridized carbons (Fsp3) is 0.136. The highest BCUT2D eigenvalue weighted by molar-refractivity contribution is 6.05. The van der Waals surface area contributed by atoms with Crippen molar-refractivity contribution in [3.05, 3.63) is 81.9 Å². The molecule has 0 spiro atoms. The molecule has 2 N–H and O–H groups in total. The van der Waals surface area contributed by atoms with E-state index >= 15 is 0 Å². The van der Waals surface area contributed by atoms with Crippen LogP contribution in [-0.2, 0) is 6.18 Å². The molecule has 7 nitrogen and oxygen atoms in total. The van der Waals surface area contributed by atoms with Gasteiger partial charge in [0.25, 0.3) is 11.5 Å². The number of para-hydroxylation sites is 2. The number of halogens is 6. The zero-order chi connectivity index (χ0) is 25.5. The summed E-state index contributed by atoms with van der Waals surface area (Å²) in [5.74, 6) is -1.91. The van der Waals surface area contributed by atoms with Gasteiger partial charge in [-0.15, -0.1) is 13.2 Å². The van der Waals surface area contributed by atoms with Gasteiger partial charge in [-0.2, -0.15) is 22.8 Å². The number of aryl methyl sites for hydroxylation is 1. The van der Waals surface area contributed by atoms with Crippen LogP contribution in [0.15, 0.2) is 59.4 Å². The van der Waals surface area contributed by atoms with Gasteiger partial charge in [-0.25, -0.2) is 0 Å². The highest BCUT2D eigenvalue weighted by atomic mass is 19.4. The highest BCUT2D eigenvalue weighted by Crippen LogP contribution is 2.38. The molecule has 35 heavy (non-hydrogen) atoms. The van der Waals surface area contributed by atoms with E-state index < -0.39 is 52.3 Å². The van der Waals surface area contributed by atoms with E-state index in [4.69, 9.17) is 0 Å². The number of anilines is 1. The number of carbonyl (C=O) groups excluding carboxylic acids is 1. The number of alkyl halides is 6. The van der Waals surface area contributed by atoms with Gasteiger partial charge in [0.1, 0.15) is 11.2 Å². The largest absolute Gasteiger partial charge is 0.573 e. The summed E-state index contributed by atoms with van der Waals surface area (Å²) in [7, 11) is 0. The topological polar surface area (TPSA) is 88.5 Å². The fourth-order valence-corrected chi connectivity index (χ4v) is 3.50. The smallest absolute Gasteiger partial charge is 0.404 e. The first-order valence-corrected chi connectivity index (χ1v) is 9.81. The molecule has 0 saturated heterocycles. The Balaban J connectivity index is 1.84. The molecule has 2 heterocycles. The van der Waals surface area contributed by atoms with Gasteiger partial charge in [0, 0.05) is 5.69 Å². The van der Waals surface area contributed by atoms with E-state index in [1.165, 1.54) is 43.3 Å². The van der Waals surface area contributed by atoms with Crippen LogP contribution in [0.3, 0.4) is 0 Å². The number of aromatic nitrogens is 3. The van der Waals surface area contributed by atoms with Gasteiger partial charge in [0.15, 0.2) is 11.4 Å². The molecule has 0 saturated carbocycles. The Hall–Kier alpha value is -4.29. The maximum atomic E-state index is 13.8. The lowest BCUT2D eigenvalue weighted by atomic mass is 10.1. The first kappa shape index (κ1) is 23.9. The second kappa shape index (κ2) is 8.49. The predicted octanol–water partition coefficient (Wildman–Crippen LogP) is 5.17. The molecule has 182 valence electrons. The van der Waals surface area contributed by atoms with Gasteiger partial charge in [0.2, 0.25) is 0 Å². The van der Waals surface area contributed by atoms with Crippen LogP contribution in [0.4, 0.5) is 32.0 Å². The number of ether oxygens (including phenoxy) is 1. The number of rotatable bonds is 4. The van der Waals surface area contributed by atoms with Crippen molar-refractivity contribution in [3.63, 3.8) is 0 Å². The summed E-state index contributed by atoms with van der Waals surface area (Å²) in [6.07, 6.45) is -9.98. The number of amides is 1. The molecule has 13 heteroatoms. The summed E-state index contributed by atoms with van der Waals surface area (Å²) in [4.78, 5) is 28.5. The van der Waals surface area contributed by atoms with Gasteiger partial charge in [0.05, 0.1) is 11.3 Å². The number of carbonyl (C=O) groups is 1. The molecule has 0 aliphatic rings. The Morgan fingerprint density at radius 3 is 2.26 bits per heavy atom. The lowest BCUT2D eigenvalue weighted by Gasteiger charge is -2.14. The maximum absolute atomic E-state index is 13.8. The number of fused-ring (bicyclic) bond motifs is 1. The second-order valence-corrected chi connectivity index (χ2v) is 7.28. The third-order valence-electron chi connectivity index (χ3n) is 4.89. The molecule has 2 aromatic heterocycles. The van der Waals surface area contributed by atoms with E-state index in [9.17, 15) is 35.9 Å². The number of nitrogens with one attached hydrogen (secondary N) is 2. The summed E-state index contributed by atoms with van der Waals surface area (Å²) < 4.78 is 83.5. The zero-order valence-corrected chi connectivity index (χ0v) is 17.6. The molecular formula is C22H14F6N4O3. The van der Waals surface area contributed by atoms with Crippen LogP contribution in [0.25, 0.3) is 16.8 Å². The normalized spacial score (nSPS) is 12.1. The van der Waals surface area contributed by atoms with Crippen LogP contribution < -0.4 is 15.6 Å². The van der Waals surface area contributed by atoms with Crippen LogP contribution in [0.2, 0.25) is 0 Å². The number of H-pyrrole nitrogens is 1. The molecule has 4 rings (SSSR count). The molecule has 0 fully saturated rings. The van der Waals surface area contributed by atoms with Crippen LogP contribution in [-0.4, -0.2) is 26.9 Å². The molecule has 0 atom stereocenters. The Morgan fingerprint density at radius 2 is 1.63 bits per heavy atom. The number of benzene rings is 2. The standard InChI is InChI=1S/C22H14F6N4O3/c1-11-15(19(33)30-13-9-5-6-10-14(13)35-22(26,27)28)20(34)32-18(29-11)16(12-7-3-2-4-8-12)17(31-32)21(23,24)25/h2-10,29H,1H3,(H,30,33). The molecule has 0 bridgehead atoms. The number of hydrogen-bond donors (Lipinski definition) is 2. The average molecular weight is 496 g/mol. The van der Waals surface area contributed by atoms with Crippen LogP contribution in [0, 0.1) is 6.92 Å². The number of nitrogens with zero attached hydrogens (tertiary/aromatic N) is 2. The SMILES string of the molecule is Cc1[nH]c2c(-c3ccccc3)c(C(F)(F)F)nn2c(=O)c1C(=O)Nc1ccccc1OC(F)(F)F. The van der Waals surface area contributed by atoms with Crippen molar-refractivity contribution in [1.29, 1.82) is 0 Å². The minimum Gasteiger partial charge on any atom is -0.404 e. The minimum atomic E-state index is -5.05. The first-order chi connectivity index (χ1) is 16.4. The predicted molar refractivity (Wildman–Crippen MR) is 112 cm³/mol. The van der Waals surface area contributed by atoms with Crippen molar-refractivity contribution in [2.75, 3.05) is 5.32 Å². The molecule has 0 aliphatic carbocycles. The van der Waals surface area contributed by atoms with Crippen molar-refractivity contribution < 1.29 is 35.9 Å². The molecule has 0 radical (unpaired) electrons. The average Bonchev–Trinajstić information content (AvgIpc) is 3.15. The lowest BCUT2D eigenvalue weighted by molar-refractivity contribution is -0.274. The number of aromatic amines is 1. The van der Waals surface area contributed by atoms with Gasteiger partial charge in [-0.05, 0) is 24.6 Å². The molecule has 2 aromatic carbocycles. The molecule has 1 amide bonds. The van der Waals surface area contributed by atoms with Crippen molar-refractivity contribution in [2.24, 2.45) is 0 Å². The minimum absolute atomic E-state index is 0.125. The quantitative estimate of drug-likeness (QED) is 0.382. The molecule has 0 aliphatic heterocycles. The van der Waals surface area contributed by atoms with E-state index in [1.807, 2.05) is 0 Å². The highest BCUT2D eigenvalue weighted by Gasteiger charge is 2.39. The van der Waals surface area contributed by atoms with E-state index in [-0.39, 0.29) is 16.9 Å². The Labute approximate surface area is 192 Å². The third-order valence-corrected chi connectivity index (χ3v) is 4.89. The van der Waals surface area contributed by atoms with Crippen molar-refractivity contribution in [1.82, 2.24) is 14.6 Å². The van der Waals surface area contributed by atoms with Crippen molar-refractivity contribution in [3.8, 4) is 16.9 Å². The van der Waals surface area contributed by atoms with E-state index in [1.54, 1.807) is 6.07 Å². The lowest BCUT2D eigenvalue weighted by Crippen LogP contribution is -2.29. The molecule has 0 unspecified atom stereocenters. The molecule has 4 aromatic rings. The van der Waals surface area contributed by atoms with E-state index in [0.29, 0.717) is 4.52 Å². The Kier molecular flexibility index (Phi) is 5.79. The van der Waals surface area contributed by atoms with Crippen LogP contribution >= 0.6 is 0 Å². The Bertz CT molecular complexity index is 1470. The second-order valence-electron chi connectivity index (χ2n) is 7.28. The summed E-state index contributed by atoms with van der Waals surface area (Å²) in [6.45, 7) is 1.27. The number of hydrogen-bond acceptors (Lipinski definition) is 4. The van der Waals surface area contributed by atoms with Crippen LogP contribution in [0.5, 0.6) is 5.75 Å². The third kappa shape index (κ3) is 4.69. The summed E-state index contributed by atoms with van der Waals surface area (Å²) in [5.41, 5.74) is -4.29. The zero-order valence-electron chi connectivity index (χ0n) is 17.6. The molecular weight excluding hydrogens is 482 g/mol. The van der Waals surface area contributed by atoms with E-state index in [2.05, 4.69) is 20.1 Å². The van der Waals surface area contributed by atoms with Gasteiger partial charge >= 0.3 is 12.5 Å². The van der Waals surface area contributed by atoms with Gasteiger partial charge < -0.3 is 15.0 Å². The summed E-state index contributed by atoms with van der Waals surface area (Å²) in [6, 6.07) is 12.0. The van der Waals surface area contributed by atoms with Crippen molar-refractivity contribution >= 4 is 17.2 Å². The van der Waals surface area contributed by atoms with Crippen molar-refractivity contribution in [2.45, 2.75) is 19.5 Å². The van der Waals surface area contributed by atoms with Crippen LogP contribution in [0.1, 0.15) is 21.7 Å². The van der Waals surface area contributed by atoms with Gasteiger partial charge in [-0.3, -0.25) is 9.59 Å². The van der Waals surface area contributed by atoms with E-state index in [0.717, 1.165) is 12.1 Å².